The molecule has 0 fully saturated rings. The molecule has 7 nitrogen and oxygen atoms in total. The number of aryl methyl sites for hydroxylation is 1. The predicted octanol–water partition coefficient (Wildman–Crippen LogP) is 1.54. The SMILES string of the molecule is Cc1ccc(OCC(=O)Nc2cccc3c(=O)[nH][nH]c(=O)c23)cc1. The highest BCUT2D eigenvalue weighted by Gasteiger charge is 2.11. The normalized spacial score (nSPS) is 10.5. The second-order valence-corrected chi connectivity index (χ2v) is 5.29. The van der Waals surface area contributed by atoms with E-state index in [1.165, 1.54) is 6.07 Å². The molecular formula is C17H15N3O4. The molecule has 3 aromatic rings. The van der Waals surface area contributed by atoms with Crippen LogP contribution in [0.2, 0.25) is 0 Å². The molecule has 0 aliphatic heterocycles. The van der Waals surface area contributed by atoms with E-state index in [1.54, 1.807) is 24.3 Å². The number of aromatic amines is 2. The molecule has 0 bridgehead atoms. The van der Waals surface area contributed by atoms with E-state index in [0.29, 0.717) is 5.75 Å². The van der Waals surface area contributed by atoms with E-state index >= 15 is 0 Å². The maximum atomic E-state index is 12.1. The van der Waals surface area contributed by atoms with Crippen molar-refractivity contribution >= 4 is 22.4 Å². The summed E-state index contributed by atoms with van der Waals surface area (Å²) >= 11 is 0. The molecule has 0 spiro atoms. The first-order valence-electron chi connectivity index (χ1n) is 7.27. The molecule has 0 aliphatic rings. The van der Waals surface area contributed by atoms with Crippen molar-refractivity contribution in [3.63, 3.8) is 0 Å². The minimum atomic E-state index is -0.486. The van der Waals surface area contributed by atoms with E-state index in [4.69, 9.17) is 4.74 Å². The fourth-order valence-corrected chi connectivity index (χ4v) is 2.30. The van der Waals surface area contributed by atoms with Crippen LogP contribution in [-0.2, 0) is 4.79 Å². The smallest absolute Gasteiger partial charge is 0.272 e. The second kappa shape index (κ2) is 6.41. The minimum absolute atomic E-state index is 0.130. The van der Waals surface area contributed by atoms with Gasteiger partial charge in [0.25, 0.3) is 17.0 Å². The van der Waals surface area contributed by atoms with Gasteiger partial charge in [-0.2, -0.15) is 0 Å². The summed E-state index contributed by atoms with van der Waals surface area (Å²) in [6.07, 6.45) is 0. The zero-order chi connectivity index (χ0) is 17.1. The molecule has 24 heavy (non-hydrogen) atoms. The Balaban J connectivity index is 1.78. The van der Waals surface area contributed by atoms with E-state index in [1.807, 2.05) is 19.1 Å². The van der Waals surface area contributed by atoms with Gasteiger partial charge in [0.2, 0.25) is 0 Å². The molecule has 122 valence electrons. The number of ether oxygens (including phenoxy) is 1. The Kier molecular flexibility index (Phi) is 4.15. The number of H-pyrrole nitrogens is 2. The number of hydrogen-bond acceptors (Lipinski definition) is 4. The van der Waals surface area contributed by atoms with Crippen LogP contribution in [0.25, 0.3) is 10.8 Å². The highest BCUT2D eigenvalue weighted by Crippen LogP contribution is 2.17. The van der Waals surface area contributed by atoms with Crippen LogP contribution in [0.4, 0.5) is 5.69 Å². The fraction of sp³-hybridized carbons (Fsp3) is 0.118. The van der Waals surface area contributed by atoms with E-state index in [0.717, 1.165) is 5.56 Å². The first-order valence-corrected chi connectivity index (χ1v) is 7.27. The Morgan fingerprint density at radius 2 is 1.75 bits per heavy atom. The van der Waals surface area contributed by atoms with Crippen molar-refractivity contribution in [1.82, 2.24) is 10.2 Å². The van der Waals surface area contributed by atoms with Crippen LogP contribution in [0.15, 0.2) is 52.1 Å². The summed E-state index contributed by atoms with van der Waals surface area (Å²) in [6, 6.07) is 12.0. The average molecular weight is 325 g/mol. The lowest BCUT2D eigenvalue weighted by Crippen LogP contribution is -2.24. The van der Waals surface area contributed by atoms with E-state index in [9.17, 15) is 14.4 Å². The highest BCUT2D eigenvalue weighted by atomic mass is 16.5. The Morgan fingerprint density at radius 3 is 2.50 bits per heavy atom. The third kappa shape index (κ3) is 3.19. The minimum Gasteiger partial charge on any atom is -0.484 e. The van der Waals surface area contributed by atoms with E-state index in [-0.39, 0.29) is 23.1 Å². The number of benzene rings is 2. The third-order valence-electron chi connectivity index (χ3n) is 3.49. The topological polar surface area (TPSA) is 104 Å². The first-order chi connectivity index (χ1) is 11.5. The van der Waals surface area contributed by atoms with Crippen LogP contribution in [0.3, 0.4) is 0 Å². The van der Waals surface area contributed by atoms with Crippen LogP contribution >= 0.6 is 0 Å². The number of rotatable bonds is 4. The fourth-order valence-electron chi connectivity index (χ4n) is 2.30. The monoisotopic (exact) mass is 325 g/mol. The van der Waals surface area contributed by atoms with Crippen LogP contribution < -0.4 is 21.2 Å². The molecule has 0 saturated heterocycles. The quantitative estimate of drug-likeness (QED) is 0.677. The second-order valence-electron chi connectivity index (χ2n) is 5.29. The molecule has 0 aliphatic carbocycles. The van der Waals surface area contributed by atoms with Gasteiger partial charge in [0.15, 0.2) is 6.61 Å². The van der Waals surface area contributed by atoms with Gasteiger partial charge in [-0.15, -0.1) is 0 Å². The maximum absolute atomic E-state index is 12.1. The summed E-state index contributed by atoms with van der Waals surface area (Å²) in [6.45, 7) is 1.75. The lowest BCUT2D eigenvalue weighted by atomic mass is 10.1. The van der Waals surface area contributed by atoms with Crippen molar-refractivity contribution in [2.75, 3.05) is 11.9 Å². The number of nitrogens with one attached hydrogen (secondary N) is 3. The Labute approximate surface area is 136 Å². The first kappa shape index (κ1) is 15.5. The number of hydrogen-bond donors (Lipinski definition) is 3. The summed E-state index contributed by atoms with van der Waals surface area (Å²) < 4.78 is 5.40. The largest absolute Gasteiger partial charge is 0.484 e. The summed E-state index contributed by atoms with van der Waals surface area (Å²) in [4.78, 5) is 35.7. The standard InChI is InChI=1S/C17H15N3O4/c1-10-5-7-11(8-6-10)24-9-14(21)18-13-4-2-3-12-15(13)17(23)20-19-16(12)22/h2-8H,9H2,1H3,(H,18,21)(H,19,22)(H,20,23). The molecule has 0 atom stereocenters. The molecule has 0 unspecified atom stereocenters. The molecule has 2 aromatic carbocycles. The van der Waals surface area contributed by atoms with Gasteiger partial charge in [-0.1, -0.05) is 23.8 Å². The molecule has 0 saturated carbocycles. The van der Waals surface area contributed by atoms with E-state index < -0.39 is 17.0 Å². The molecule has 1 aromatic heterocycles. The summed E-state index contributed by atoms with van der Waals surface area (Å²) in [5.74, 6) is 0.144. The van der Waals surface area contributed by atoms with Crippen molar-refractivity contribution in [3.05, 3.63) is 68.7 Å². The van der Waals surface area contributed by atoms with Crippen molar-refractivity contribution in [2.24, 2.45) is 0 Å². The summed E-state index contributed by atoms with van der Waals surface area (Å²) in [5, 5.41) is 7.42. The lowest BCUT2D eigenvalue weighted by molar-refractivity contribution is -0.118. The summed E-state index contributed by atoms with van der Waals surface area (Å²) in [5.41, 5.74) is 0.431. The molecule has 0 radical (unpaired) electrons. The van der Waals surface area contributed by atoms with Crippen molar-refractivity contribution in [1.29, 1.82) is 0 Å². The summed E-state index contributed by atoms with van der Waals surface area (Å²) in [7, 11) is 0. The van der Waals surface area contributed by atoms with Crippen LogP contribution in [-0.4, -0.2) is 22.7 Å². The van der Waals surface area contributed by atoms with Gasteiger partial charge in [-0.3, -0.25) is 24.6 Å². The number of anilines is 1. The number of aromatic nitrogens is 2. The third-order valence-corrected chi connectivity index (χ3v) is 3.49. The lowest BCUT2D eigenvalue weighted by Gasteiger charge is -2.09. The zero-order valence-corrected chi connectivity index (χ0v) is 12.9. The van der Waals surface area contributed by atoms with Gasteiger partial charge in [0, 0.05) is 0 Å². The maximum Gasteiger partial charge on any atom is 0.272 e. The molecule has 3 rings (SSSR count). The average Bonchev–Trinajstić information content (AvgIpc) is 2.58. The van der Waals surface area contributed by atoms with Gasteiger partial charge < -0.3 is 10.1 Å². The van der Waals surface area contributed by atoms with Gasteiger partial charge in [0.1, 0.15) is 5.75 Å². The Morgan fingerprint density at radius 1 is 1.04 bits per heavy atom. The van der Waals surface area contributed by atoms with Crippen LogP contribution in [0.1, 0.15) is 5.56 Å². The van der Waals surface area contributed by atoms with Gasteiger partial charge >= 0.3 is 0 Å². The van der Waals surface area contributed by atoms with Gasteiger partial charge in [-0.25, -0.2) is 0 Å². The van der Waals surface area contributed by atoms with Crippen molar-refractivity contribution in [3.8, 4) is 5.75 Å². The van der Waals surface area contributed by atoms with Gasteiger partial charge in [-0.05, 0) is 31.2 Å². The molecule has 1 amide bonds. The molecule has 7 heteroatoms. The van der Waals surface area contributed by atoms with E-state index in [2.05, 4.69) is 15.5 Å². The van der Waals surface area contributed by atoms with Crippen molar-refractivity contribution < 1.29 is 9.53 Å². The number of fused-ring (bicyclic) bond motifs is 1. The van der Waals surface area contributed by atoms with Crippen LogP contribution in [0.5, 0.6) is 5.75 Å². The molecular weight excluding hydrogens is 310 g/mol. The predicted molar refractivity (Wildman–Crippen MR) is 90.5 cm³/mol. The number of carbonyl (C=O) groups is 1. The molecule has 1 heterocycles. The Hall–Kier alpha value is -3.35. The number of amides is 1. The van der Waals surface area contributed by atoms with Crippen molar-refractivity contribution in [2.45, 2.75) is 6.92 Å². The highest BCUT2D eigenvalue weighted by molar-refractivity contribution is 6.01. The zero-order valence-electron chi connectivity index (χ0n) is 12.9. The van der Waals surface area contributed by atoms with Crippen LogP contribution in [0, 0.1) is 6.92 Å². The number of carbonyl (C=O) groups excluding carboxylic acids is 1. The molecule has 3 N–H and O–H groups in total. The van der Waals surface area contributed by atoms with Gasteiger partial charge in [0.05, 0.1) is 16.5 Å². The Bertz CT molecular complexity index is 1000.